The van der Waals surface area contributed by atoms with E-state index in [1.807, 2.05) is 45.0 Å². The maximum Gasteiger partial charge on any atom is 0.237 e. The molecule has 4 heteroatoms. The third-order valence-electron chi connectivity index (χ3n) is 3.09. The second kappa shape index (κ2) is 6.68. The molecule has 0 aliphatic carbocycles. The topological polar surface area (TPSA) is 64.3 Å². The van der Waals surface area contributed by atoms with Gasteiger partial charge >= 0.3 is 0 Å². The van der Waals surface area contributed by atoms with Crippen molar-refractivity contribution in [2.75, 3.05) is 7.11 Å². The van der Waals surface area contributed by atoms with Crippen LogP contribution in [0.5, 0.6) is 0 Å². The van der Waals surface area contributed by atoms with E-state index in [2.05, 4.69) is 5.32 Å². The first-order valence-corrected chi connectivity index (χ1v) is 6.45. The molecule has 19 heavy (non-hydrogen) atoms. The van der Waals surface area contributed by atoms with E-state index in [-0.39, 0.29) is 11.3 Å². The fourth-order valence-corrected chi connectivity index (χ4v) is 1.71. The van der Waals surface area contributed by atoms with Crippen molar-refractivity contribution in [2.24, 2.45) is 11.1 Å². The highest BCUT2D eigenvalue weighted by Gasteiger charge is 2.27. The van der Waals surface area contributed by atoms with Crippen molar-refractivity contribution in [3.05, 3.63) is 35.4 Å². The Morgan fingerprint density at radius 3 is 2.42 bits per heavy atom. The Morgan fingerprint density at radius 2 is 1.89 bits per heavy atom. The van der Waals surface area contributed by atoms with Crippen molar-refractivity contribution < 1.29 is 9.53 Å². The van der Waals surface area contributed by atoms with Crippen LogP contribution in [-0.4, -0.2) is 19.1 Å². The lowest BCUT2D eigenvalue weighted by Gasteiger charge is -2.26. The molecule has 0 aliphatic heterocycles. The normalized spacial score (nSPS) is 13.1. The van der Waals surface area contributed by atoms with Crippen molar-refractivity contribution in [2.45, 2.75) is 40.0 Å². The van der Waals surface area contributed by atoms with Crippen LogP contribution in [0.3, 0.4) is 0 Å². The summed E-state index contributed by atoms with van der Waals surface area (Å²) in [6.07, 6.45) is 0. The summed E-state index contributed by atoms with van der Waals surface area (Å²) < 4.78 is 5.14. The van der Waals surface area contributed by atoms with Gasteiger partial charge in [0.25, 0.3) is 0 Å². The van der Waals surface area contributed by atoms with Gasteiger partial charge in [-0.3, -0.25) is 4.79 Å². The van der Waals surface area contributed by atoms with Gasteiger partial charge in [-0.15, -0.1) is 0 Å². The number of carbonyl (C=O) groups is 1. The molecule has 0 aromatic heterocycles. The zero-order chi connectivity index (χ0) is 14.5. The van der Waals surface area contributed by atoms with E-state index < -0.39 is 6.04 Å². The quantitative estimate of drug-likeness (QED) is 0.852. The summed E-state index contributed by atoms with van der Waals surface area (Å²) in [5.41, 5.74) is 7.81. The molecule has 0 unspecified atom stereocenters. The van der Waals surface area contributed by atoms with Crippen LogP contribution < -0.4 is 11.1 Å². The molecule has 3 N–H and O–H groups in total. The summed E-state index contributed by atoms with van der Waals surface area (Å²) in [5.74, 6) is -0.125. The van der Waals surface area contributed by atoms with Gasteiger partial charge in [0.15, 0.2) is 0 Å². The van der Waals surface area contributed by atoms with E-state index in [0.29, 0.717) is 13.2 Å². The van der Waals surface area contributed by atoms with Gasteiger partial charge in [-0.2, -0.15) is 0 Å². The molecule has 1 rings (SSSR count). The van der Waals surface area contributed by atoms with E-state index in [0.717, 1.165) is 11.1 Å². The largest absolute Gasteiger partial charge is 0.380 e. The predicted octanol–water partition coefficient (Wildman–Crippen LogP) is 1.82. The fraction of sp³-hybridized carbons (Fsp3) is 0.533. The first kappa shape index (κ1) is 15.7. The smallest absolute Gasteiger partial charge is 0.237 e. The predicted molar refractivity (Wildman–Crippen MR) is 76.4 cm³/mol. The summed E-state index contributed by atoms with van der Waals surface area (Å²) in [6.45, 7) is 6.88. The van der Waals surface area contributed by atoms with Crippen molar-refractivity contribution >= 4 is 5.91 Å². The van der Waals surface area contributed by atoms with E-state index >= 15 is 0 Å². The molecule has 1 amide bonds. The summed E-state index contributed by atoms with van der Waals surface area (Å²) in [6, 6.07) is 7.37. The number of hydrogen-bond donors (Lipinski definition) is 2. The molecule has 0 bridgehead atoms. The lowest BCUT2D eigenvalue weighted by Crippen LogP contribution is -2.48. The lowest BCUT2D eigenvalue weighted by atomic mass is 9.87. The van der Waals surface area contributed by atoms with Crippen LogP contribution in [-0.2, 0) is 22.7 Å². The van der Waals surface area contributed by atoms with Crippen molar-refractivity contribution in [1.29, 1.82) is 0 Å². The highest BCUT2D eigenvalue weighted by molar-refractivity contribution is 5.82. The minimum absolute atomic E-state index is 0.125. The van der Waals surface area contributed by atoms with E-state index in [1.165, 1.54) is 0 Å². The van der Waals surface area contributed by atoms with Crippen molar-refractivity contribution in [3.63, 3.8) is 0 Å². The van der Waals surface area contributed by atoms with Crippen LogP contribution in [0.25, 0.3) is 0 Å². The van der Waals surface area contributed by atoms with Gasteiger partial charge in [-0.1, -0.05) is 45.0 Å². The monoisotopic (exact) mass is 264 g/mol. The number of ether oxygens (including phenoxy) is 1. The molecule has 0 heterocycles. The van der Waals surface area contributed by atoms with Crippen LogP contribution >= 0.6 is 0 Å². The number of rotatable bonds is 5. The maximum atomic E-state index is 12.0. The number of nitrogens with one attached hydrogen (secondary N) is 1. The van der Waals surface area contributed by atoms with Crippen molar-refractivity contribution in [3.8, 4) is 0 Å². The highest BCUT2D eigenvalue weighted by Crippen LogP contribution is 2.17. The number of hydrogen-bond acceptors (Lipinski definition) is 3. The van der Waals surface area contributed by atoms with Crippen LogP contribution in [0.1, 0.15) is 31.9 Å². The standard InChI is InChI=1S/C15H24N2O2/c1-15(2,3)13(16)14(18)17-9-11-7-5-6-8-12(11)10-19-4/h5-8,13H,9-10,16H2,1-4H3,(H,17,18)/t13-/m1/s1. The Labute approximate surface area is 115 Å². The van der Waals surface area contributed by atoms with Crippen LogP contribution in [0.2, 0.25) is 0 Å². The number of methoxy groups -OCH3 is 1. The Kier molecular flexibility index (Phi) is 5.51. The third-order valence-corrected chi connectivity index (χ3v) is 3.09. The highest BCUT2D eigenvalue weighted by atomic mass is 16.5. The molecule has 0 saturated carbocycles. The fourth-order valence-electron chi connectivity index (χ4n) is 1.71. The second-order valence-electron chi connectivity index (χ2n) is 5.76. The zero-order valence-corrected chi connectivity index (χ0v) is 12.2. The first-order chi connectivity index (χ1) is 8.86. The molecule has 0 spiro atoms. The van der Waals surface area contributed by atoms with Gasteiger partial charge < -0.3 is 15.8 Å². The summed E-state index contributed by atoms with van der Waals surface area (Å²) in [4.78, 5) is 12.0. The molecular formula is C15H24N2O2. The number of carbonyl (C=O) groups excluding carboxylic acids is 1. The molecule has 106 valence electrons. The van der Waals surface area contributed by atoms with Crippen LogP contribution in [0, 0.1) is 5.41 Å². The Balaban J connectivity index is 2.64. The summed E-state index contributed by atoms with van der Waals surface area (Å²) in [7, 11) is 1.66. The van der Waals surface area contributed by atoms with Gasteiger partial charge in [0.2, 0.25) is 5.91 Å². The molecule has 0 aliphatic rings. The molecule has 1 aromatic carbocycles. The molecule has 1 atom stereocenters. The van der Waals surface area contributed by atoms with Gasteiger partial charge in [0, 0.05) is 13.7 Å². The second-order valence-corrected chi connectivity index (χ2v) is 5.76. The number of benzene rings is 1. The van der Waals surface area contributed by atoms with E-state index in [9.17, 15) is 4.79 Å². The average Bonchev–Trinajstić information content (AvgIpc) is 2.35. The molecule has 0 saturated heterocycles. The lowest BCUT2D eigenvalue weighted by molar-refractivity contribution is -0.124. The maximum absolute atomic E-state index is 12.0. The van der Waals surface area contributed by atoms with Crippen LogP contribution in [0.4, 0.5) is 0 Å². The van der Waals surface area contributed by atoms with Crippen LogP contribution in [0.15, 0.2) is 24.3 Å². The van der Waals surface area contributed by atoms with E-state index in [4.69, 9.17) is 10.5 Å². The minimum atomic E-state index is -0.512. The Morgan fingerprint density at radius 1 is 1.32 bits per heavy atom. The molecule has 0 fully saturated rings. The van der Waals surface area contributed by atoms with Gasteiger partial charge in [-0.05, 0) is 16.5 Å². The Bertz CT molecular complexity index is 424. The Hall–Kier alpha value is -1.39. The number of amides is 1. The third kappa shape index (κ3) is 4.65. The van der Waals surface area contributed by atoms with Gasteiger partial charge in [-0.25, -0.2) is 0 Å². The van der Waals surface area contributed by atoms with Crippen molar-refractivity contribution in [1.82, 2.24) is 5.32 Å². The molecule has 4 nitrogen and oxygen atoms in total. The zero-order valence-electron chi connectivity index (χ0n) is 12.2. The molecular weight excluding hydrogens is 240 g/mol. The SMILES string of the molecule is COCc1ccccc1CNC(=O)[C@@H](N)C(C)(C)C. The van der Waals surface area contributed by atoms with E-state index in [1.54, 1.807) is 7.11 Å². The first-order valence-electron chi connectivity index (χ1n) is 6.45. The summed E-state index contributed by atoms with van der Waals surface area (Å²) >= 11 is 0. The summed E-state index contributed by atoms with van der Waals surface area (Å²) in [5, 5.41) is 2.88. The van der Waals surface area contributed by atoms with Gasteiger partial charge in [0.05, 0.1) is 12.6 Å². The molecule has 1 aromatic rings. The minimum Gasteiger partial charge on any atom is -0.380 e. The van der Waals surface area contributed by atoms with Gasteiger partial charge in [0.1, 0.15) is 0 Å². The average molecular weight is 264 g/mol. The molecule has 0 radical (unpaired) electrons. The number of nitrogens with two attached hydrogens (primary N) is 1.